The second-order valence-electron chi connectivity index (χ2n) is 3.88. The van der Waals surface area contributed by atoms with Crippen LogP contribution < -0.4 is 5.73 Å². The zero-order chi connectivity index (χ0) is 11.2. The molecule has 1 aromatic heterocycles. The van der Waals surface area contributed by atoms with Gasteiger partial charge in [-0.1, -0.05) is 0 Å². The summed E-state index contributed by atoms with van der Waals surface area (Å²) in [6, 6.07) is 0.121. The minimum absolute atomic E-state index is 0.121. The first-order valence-corrected chi connectivity index (χ1v) is 6.49. The number of rotatable bonds is 2. The van der Waals surface area contributed by atoms with Gasteiger partial charge in [-0.25, -0.2) is 8.42 Å². The molecular formula is C8H14N4O2S. The van der Waals surface area contributed by atoms with Crippen LogP contribution >= 0.6 is 0 Å². The van der Waals surface area contributed by atoms with E-state index in [9.17, 15) is 8.42 Å². The Morgan fingerprint density at radius 2 is 2.13 bits per heavy atom. The second kappa shape index (κ2) is 3.21. The van der Waals surface area contributed by atoms with Gasteiger partial charge >= 0.3 is 0 Å². The Morgan fingerprint density at radius 3 is 2.53 bits per heavy atom. The molecule has 0 atom stereocenters. The molecule has 84 valence electrons. The lowest BCUT2D eigenvalue weighted by molar-refractivity contribution is 0.192. The number of anilines is 1. The third-order valence-electron chi connectivity index (χ3n) is 2.63. The van der Waals surface area contributed by atoms with Crippen molar-refractivity contribution in [2.24, 2.45) is 0 Å². The minimum Gasteiger partial charge on any atom is -0.396 e. The maximum Gasteiger partial charge on any atom is 0.211 e. The van der Waals surface area contributed by atoms with Crippen LogP contribution in [0, 0.1) is 6.92 Å². The molecule has 1 aliphatic heterocycles. The lowest BCUT2D eigenvalue weighted by Crippen LogP contribution is -2.50. The van der Waals surface area contributed by atoms with Crippen molar-refractivity contribution < 1.29 is 8.42 Å². The predicted octanol–water partition coefficient (Wildman–Crippen LogP) is -0.410. The molecule has 0 aromatic carbocycles. The standard InChI is InChI=1S/C8H14N4O2S/c1-6-8(9)5-12(10-6)7-3-11(4-7)15(2,13)14/h5,7H,3-4,9H2,1-2H3. The first kappa shape index (κ1) is 10.4. The quantitative estimate of drug-likeness (QED) is 0.749. The number of aryl methyl sites for hydroxylation is 1. The van der Waals surface area contributed by atoms with E-state index in [1.54, 1.807) is 10.9 Å². The zero-order valence-electron chi connectivity index (χ0n) is 8.71. The van der Waals surface area contributed by atoms with Crippen LogP contribution in [0.2, 0.25) is 0 Å². The fraction of sp³-hybridized carbons (Fsp3) is 0.625. The van der Waals surface area contributed by atoms with E-state index in [0.717, 1.165) is 5.69 Å². The average Bonchev–Trinajstić information content (AvgIpc) is 2.25. The largest absolute Gasteiger partial charge is 0.396 e. The summed E-state index contributed by atoms with van der Waals surface area (Å²) in [6.07, 6.45) is 2.96. The molecule has 0 spiro atoms. The van der Waals surface area contributed by atoms with E-state index in [0.29, 0.717) is 18.8 Å². The topological polar surface area (TPSA) is 81.2 Å². The highest BCUT2D eigenvalue weighted by molar-refractivity contribution is 7.88. The number of hydrogen-bond donors (Lipinski definition) is 1. The van der Waals surface area contributed by atoms with Crippen molar-refractivity contribution in [3.8, 4) is 0 Å². The summed E-state index contributed by atoms with van der Waals surface area (Å²) in [7, 11) is -3.05. The Morgan fingerprint density at radius 1 is 1.53 bits per heavy atom. The van der Waals surface area contributed by atoms with Crippen LogP contribution in [0.5, 0.6) is 0 Å². The zero-order valence-corrected chi connectivity index (χ0v) is 9.53. The maximum atomic E-state index is 11.1. The van der Waals surface area contributed by atoms with Gasteiger partial charge in [-0.15, -0.1) is 0 Å². The molecule has 0 aliphatic carbocycles. The van der Waals surface area contributed by atoms with Crippen LogP contribution in [0.25, 0.3) is 0 Å². The molecule has 0 unspecified atom stereocenters. The van der Waals surface area contributed by atoms with Crippen LogP contribution in [0.4, 0.5) is 5.69 Å². The SMILES string of the molecule is Cc1nn(C2CN(S(C)(=O)=O)C2)cc1N. The highest BCUT2D eigenvalue weighted by atomic mass is 32.2. The Bertz CT molecular complexity index is 453. The molecule has 0 bridgehead atoms. The Hall–Kier alpha value is -1.08. The molecule has 0 radical (unpaired) electrons. The van der Waals surface area contributed by atoms with Crippen molar-refractivity contribution >= 4 is 15.7 Å². The minimum atomic E-state index is -3.05. The van der Waals surface area contributed by atoms with Gasteiger partial charge in [-0.2, -0.15) is 9.40 Å². The van der Waals surface area contributed by atoms with Gasteiger partial charge in [0.25, 0.3) is 0 Å². The third kappa shape index (κ3) is 1.84. The molecule has 2 rings (SSSR count). The second-order valence-corrected chi connectivity index (χ2v) is 5.87. The first-order valence-electron chi connectivity index (χ1n) is 4.64. The van der Waals surface area contributed by atoms with Crippen LogP contribution in [-0.4, -0.2) is 41.8 Å². The highest BCUT2D eigenvalue weighted by Gasteiger charge is 2.34. The molecule has 0 amide bonds. The van der Waals surface area contributed by atoms with Gasteiger partial charge in [0.15, 0.2) is 0 Å². The fourth-order valence-corrected chi connectivity index (χ4v) is 2.42. The van der Waals surface area contributed by atoms with Crippen molar-refractivity contribution in [2.75, 3.05) is 25.1 Å². The van der Waals surface area contributed by atoms with Gasteiger partial charge in [-0.3, -0.25) is 4.68 Å². The van der Waals surface area contributed by atoms with Gasteiger partial charge in [0, 0.05) is 19.3 Å². The molecule has 6 nitrogen and oxygen atoms in total. The monoisotopic (exact) mass is 230 g/mol. The van der Waals surface area contributed by atoms with Gasteiger partial charge < -0.3 is 5.73 Å². The lowest BCUT2D eigenvalue weighted by atomic mass is 10.2. The number of nitrogen functional groups attached to an aromatic ring is 1. The number of sulfonamides is 1. The van der Waals surface area contributed by atoms with Gasteiger partial charge in [0.2, 0.25) is 10.0 Å². The van der Waals surface area contributed by atoms with Gasteiger partial charge in [0.1, 0.15) is 0 Å². The van der Waals surface area contributed by atoms with Crippen LogP contribution in [-0.2, 0) is 10.0 Å². The molecule has 2 N–H and O–H groups in total. The summed E-state index contributed by atoms with van der Waals surface area (Å²) < 4.78 is 25.4. The van der Waals surface area contributed by atoms with Crippen LogP contribution in [0.1, 0.15) is 11.7 Å². The fourth-order valence-electron chi connectivity index (χ4n) is 1.54. The molecule has 1 aromatic rings. The summed E-state index contributed by atoms with van der Waals surface area (Å²) in [5.74, 6) is 0. The van der Waals surface area contributed by atoms with Crippen molar-refractivity contribution in [1.82, 2.24) is 14.1 Å². The first-order chi connectivity index (χ1) is 6.88. The van der Waals surface area contributed by atoms with E-state index in [4.69, 9.17) is 5.73 Å². The lowest BCUT2D eigenvalue weighted by Gasteiger charge is -2.36. The molecule has 7 heteroatoms. The van der Waals surface area contributed by atoms with Crippen LogP contribution in [0.3, 0.4) is 0 Å². The predicted molar refractivity (Wildman–Crippen MR) is 56.8 cm³/mol. The maximum absolute atomic E-state index is 11.1. The molecule has 0 saturated carbocycles. The van der Waals surface area contributed by atoms with Crippen molar-refractivity contribution in [1.29, 1.82) is 0 Å². The third-order valence-corrected chi connectivity index (χ3v) is 3.86. The molecular weight excluding hydrogens is 216 g/mol. The number of nitrogens with zero attached hydrogens (tertiary/aromatic N) is 3. The van der Waals surface area contributed by atoms with E-state index in [2.05, 4.69) is 5.10 Å². The number of nitrogens with two attached hydrogens (primary N) is 1. The van der Waals surface area contributed by atoms with Gasteiger partial charge in [0.05, 0.1) is 23.7 Å². The van der Waals surface area contributed by atoms with Crippen LogP contribution in [0.15, 0.2) is 6.20 Å². The number of hydrogen-bond acceptors (Lipinski definition) is 4. The van der Waals surface area contributed by atoms with Crippen molar-refractivity contribution in [2.45, 2.75) is 13.0 Å². The van der Waals surface area contributed by atoms with E-state index in [-0.39, 0.29) is 6.04 Å². The smallest absolute Gasteiger partial charge is 0.211 e. The Kier molecular flexibility index (Phi) is 2.23. The normalized spacial score (nSPS) is 19.1. The average molecular weight is 230 g/mol. The summed E-state index contributed by atoms with van der Waals surface area (Å²) >= 11 is 0. The molecule has 15 heavy (non-hydrogen) atoms. The summed E-state index contributed by atoms with van der Waals surface area (Å²) in [5.41, 5.74) is 7.09. The van der Waals surface area contributed by atoms with Crippen molar-refractivity contribution in [3.05, 3.63) is 11.9 Å². The summed E-state index contributed by atoms with van der Waals surface area (Å²) in [5, 5.41) is 4.22. The molecule has 1 saturated heterocycles. The van der Waals surface area contributed by atoms with Gasteiger partial charge in [-0.05, 0) is 6.92 Å². The summed E-state index contributed by atoms with van der Waals surface area (Å²) in [6.45, 7) is 2.80. The molecule has 1 fully saturated rings. The Balaban J connectivity index is 2.06. The molecule has 2 heterocycles. The Labute approximate surface area is 88.7 Å². The van der Waals surface area contributed by atoms with Crippen molar-refractivity contribution in [3.63, 3.8) is 0 Å². The van der Waals surface area contributed by atoms with E-state index in [1.807, 2.05) is 6.92 Å². The number of aromatic nitrogens is 2. The molecule has 1 aliphatic rings. The highest BCUT2D eigenvalue weighted by Crippen LogP contribution is 2.24. The van der Waals surface area contributed by atoms with E-state index in [1.165, 1.54) is 10.6 Å². The van der Waals surface area contributed by atoms with E-state index < -0.39 is 10.0 Å². The van der Waals surface area contributed by atoms with E-state index >= 15 is 0 Å². The summed E-state index contributed by atoms with van der Waals surface area (Å²) in [4.78, 5) is 0.